The first-order chi connectivity index (χ1) is 15.4. The summed E-state index contributed by atoms with van der Waals surface area (Å²) in [7, 11) is 2.97. The van der Waals surface area contributed by atoms with E-state index in [-0.39, 0.29) is 22.1 Å². The number of rotatable bonds is 5. The van der Waals surface area contributed by atoms with Crippen molar-refractivity contribution in [2.45, 2.75) is 0 Å². The first-order valence-electron chi connectivity index (χ1n) is 9.63. The second-order valence-corrected chi connectivity index (χ2v) is 7.17. The highest BCUT2D eigenvalue weighted by Crippen LogP contribution is 2.17. The molecule has 0 saturated carbocycles. The zero-order chi connectivity index (χ0) is 23.1. The lowest BCUT2D eigenvalue weighted by Gasteiger charge is -2.18. The van der Waals surface area contributed by atoms with E-state index < -0.39 is 11.9 Å². The number of thiocarbonyl (C=S) groups is 1. The van der Waals surface area contributed by atoms with Gasteiger partial charge < -0.3 is 15.0 Å². The van der Waals surface area contributed by atoms with E-state index in [9.17, 15) is 14.4 Å². The van der Waals surface area contributed by atoms with Gasteiger partial charge in [0.1, 0.15) is 0 Å². The monoisotopic (exact) mass is 447 g/mol. The molecule has 7 nitrogen and oxygen atoms in total. The number of hydrogen-bond donors (Lipinski definition) is 2. The van der Waals surface area contributed by atoms with E-state index in [1.165, 1.54) is 13.2 Å². The largest absolute Gasteiger partial charge is 0.465 e. The van der Waals surface area contributed by atoms with E-state index in [1.807, 2.05) is 30.3 Å². The molecular weight excluding hydrogens is 426 g/mol. The topological polar surface area (TPSA) is 87.7 Å². The van der Waals surface area contributed by atoms with Crippen molar-refractivity contribution in [2.24, 2.45) is 0 Å². The highest BCUT2D eigenvalue weighted by Gasteiger charge is 2.15. The van der Waals surface area contributed by atoms with E-state index >= 15 is 0 Å². The SMILES string of the molecule is COC(=O)c1cccc(C(=O)NC(=S)Nc2cccc(C(=O)N(C)c3ccccc3)c2)c1. The predicted octanol–water partition coefficient (Wildman–Crippen LogP) is 3.88. The Labute approximate surface area is 191 Å². The highest BCUT2D eigenvalue weighted by molar-refractivity contribution is 7.80. The minimum absolute atomic E-state index is 0.0551. The number of methoxy groups -OCH3 is 1. The summed E-state index contributed by atoms with van der Waals surface area (Å²) in [6, 6.07) is 22.2. The fourth-order valence-corrected chi connectivity index (χ4v) is 3.15. The van der Waals surface area contributed by atoms with Gasteiger partial charge >= 0.3 is 5.97 Å². The van der Waals surface area contributed by atoms with Crippen molar-refractivity contribution in [3.63, 3.8) is 0 Å². The van der Waals surface area contributed by atoms with E-state index in [4.69, 9.17) is 12.2 Å². The molecular formula is C24H21N3O4S. The minimum atomic E-state index is -0.540. The first kappa shape index (κ1) is 22.6. The van der Waals surface area contributed by atoms with Crippen molar-refractivity contribution in [1.29, 1.82) is 0 Å². The molecule has 0 saturated heterocycles. The average molecular weight is 448 g/mol. The number of ether oxygens (including phenoxy) is 1. The van der Waals surface area contributed by atoms with Crippen LogP contribution in [-0.2, 0) is 4.74 Å². The molecule has 3 aromatic carbocycles. The molecule has 0 aliphatic carbocycles. The number of anilines is 2. The lowest BCUT2D eigenvalue weighted by molar-refractivity contribution is 0.0600. The van der Waals surface area contributed by atoms with Gasteiger partial charge in [-0.25, -0.2) is 4.79 Å². The molecule has 0 aromatic heterocycles. The fraction of sp³-hybridized carbons (Fsp3) is 0.0833. The van der Waals surface area contributed by atoms with Crippen LogP contribution in [0, 0.1) is 0 Å². The third-order valence-electron chi connectivity index (χ3n) is 4.59. The predicted molar refractivity (Wildman–Crippen MR) is 127 cm³/mol. The molecule has 0 atom stereocenters. The smallest absolute Gasteiger partial charge is 0.337 e. The number of hydrogen-bond acceptors (Lipinski definition) is 5. The van der Waals surface area contributed by atoms with Gasteiger partial charge in [0, 0.05) is 29.5 Å². The quantitative estimate of drug-likeness (QED) is 0.456. The number of amides is 2. The lowest BCUT2D eigenvalue weighted by atomic mass is 10.1. The number of esters is 1. The van der Waals surface area contributed by atoms with Crippen molar-refractivity contribution in [3.8, 4) is 0 Å². The summed E-state index contributed by atoms with van der Waals surface area (Å²) in [6.07, 6.45) is 0. The molecule has 3 rings (SSSR count). The van der Waals surface area contributed by atoms with E-state index in [0.717, 1.165) is 5.69 Å². The molecule has 8 heteroatoms. The number of carbonyl (C=O) groups is 3. The first-order valence-corrected chi connectivity index (χ1v) is 10.0. The van der Waals surface area contributed by atoms with Crippen LogP contribution in [0.25, 0.3) is 0 Å². The van der Waals surface area contributed by atoms with Crippen LogP contribution >= 0.6 is 12.2 Å². The maximum Gasteiger partial charge on any atom is 0.337 e. The molecule has 0 fully saturated rings. The summed E-state index contributed by atoms with van der Waals surface area (Å²) in [6.45, 7) is 0. The van der Waals surface area contributed by atoms with Crippen LogP contribution in [0.2, 0.25) is 0 Å². The minimum Gasteiger partial charge on any atom is -0.465 e. The molecule has 0 aliphatic heterocycles. The molecule has 0 heterocycles. The number of benzene rings is 3. The summed E-state index contributed by atoms with van der Waals surface area (Å²) in [5, 5.41) is 5.52. The molecule has 2 amide bonds. The van der Waals surface area contributed by atoms with E-state index in [1.54, 1.807) is 54.4 Å². The number of nitrogens with zero attached hydrogens (tertiary/aromatic N) is 1. The molecule has 32 heavy (non-hydrogen) atoms. The third-order valence-corrected chi connectivity index (χ3v) is 4.79. The Morgan fingerprint density at radius 2 is 1.50 bits per heavy atom. The van der Waals surface area contributed by atoms with Crippen molar-refractivity contribution in [2.75, 3.05) is 24.4 Å². The Hall–Kier alpha value is -4.04. The molecule has 2 N–H and O–H groups in total. The van der Waals surface area contributed by atoms with Crippen molar-refractivity contribution in [1.82, 2.24) is 5.32 Å². The summed E-state index contributed by atoms with van der Waals surface area (Å²) in [4.78, 5) is 38.5. The van der Waals surface area contributed by atoms with Gasteiger partial charge in [0.25, 0.3) is 11.8 Å². The van der Waals surface area contributed by atoms with Crippen molar-refractivity contribution < 1.29 is 19.1 Å². The Bertz CT molecular complexity index is 1160. The van der Waals surface area contributed by atoms with Gasteiger partial charge in [-0.2, -0.15) is 0 Å². The van der Waals surface area contributed by atoms with E-state index in [0.29, 0.717) is 11.3 Å². The summed E-state index contributed by atoms with van der Waals surface area (Å²) >= 11 is 5.23. The maximum absolute atomic E-state index is 12.8. The Morgan fingerprint density at radius 3 is 2.22 bits per heavy atom. The summed E-state index contributed by atoms with van der Waals surface area (Å²) < 4.78 is 4.67. The average Bonchev–Trinajstić information content (AvgIpc) is 2.83. The van der Waals surface area contributed by atoms with Gasteiger partial charge in [0.05, 0.1) is 12.7 Å². The molecule has 3 aromatic rings. The van der Waals surface area contributed by atoms with Crippen LogP contribution in [0.4, 0.5) is 11.4 Å². The normalized spacial score (nSPS) is 10.1. The molecule has 0 unspecified atom stereocenters. The Morgan fingerprint density at radius 1 is 0.844 bits per heavy atom. The van der Waals surface area contributed by atoms with Crippen LogP contribution in [0.15, 0.2) is 78.9 Å². The van der Waals surface area contributed by atoms with Gasteiger partial charge in [-0.3, -0.25) is 14.9 Å². The van der Waals surface area contributed by atoms with Gasteiger partial charge in [-0.1, -0.05) is 30.3 Å². The molecule has 162 valence electrons. The van der Waals surface area contributed by atoms with Crippen LogP contribution in [0.3, 0.4) is 0 Å². The third kappa shape index (κ3) is 5.55. The van der Waals surface area contributed by atoms with Crippen molar-refractivity contribution in [3.05, 3.63) is 95.6 Å². The molecule has 0 radical (unpaired) electrons. The number of carbonyl (C=O) groups excluding carboxylic acids is 3. The zero-order valence-corrected chi connectivity index (χ0v) is 18.3. The maximum atomic E-state index is 12.8. The molecule has 0 aliphatic rings. The van der Waals surface area contributed by atoms with Gasteiger partial charge in [0.2, 0.25) is 0 Å². The second kappa shape index (κ2) is 10.3. The Balaban J connectivity index is 1.66. The summed E-state index contributed by atoms with van der Waals surface area (Å²) in [5.74, 6) is -1.21. The van der Waals surface area contributed by atoms with Gasteiger partial charge in [0.15, 0.2) is 5.11 Å². The van der Waals surface area contributed by atoms with E-state index in [2.05, 4.69) is 15.4 Å². The van der Waals surface area contributed by atoms with Gasteiger partial charge in [-0.15, -0.1) is 0 Å². The molecule has 0 bridgehead atoms. The van der Waals surface area contributed by atoms with Crippen LogP contribution < -0.4 is 15.5 Å². The van der Waals surface area contributed by atoms with Crippen LogP contribution in [-0.4, -0.2) is 37.1 Å². The van der Waals surface area contributed by atoms with Gasteiger partial charge in [-0.05, 0) is 60.7 Å². The number of nitrogens with one attached hydrogen (secondary N) is 2. The fourth-order valence-electron chi connectivity index (χ4n) is 2.94. The number of para-hydroxylation sites is 1. The van der Waals surface area contributed by atoms with Crippen LogP contribution in [0.1, 0.15) is 31.1 Å². The second-order valence-electron chi connectivity index (χ2n) is 6.76. The van der Waals surface area contributed by atoms with Crippen molar-refractivity contribution >= 4 is 46.5 Å². The van der Waals surface area contributed by atoms with Crippen LogP contribution in [0.5, 0.6) is 0 Å². The molecule has 0 spiro atoms. The summed E-state index contributed by atoms with van der Waals surface area (Å²) in [5.41, 5.74) is 2.29. The highest BCUT2D eigenvalue weighted by atomic mass is 32.1. The lowest BCUT2D eigenvalue weighted by Crippen LogP contribution is -2.34. The standard InChI is InChI=1S/C24H21N3O4S/c1-27(20-12-4-3-5-13-20)22(29)17-9-7-11-19(15-17)25-24(32)26-21(28)16-8-6-10-18(14-16)23(30)31-2/h3-15H,1-2H3,(H2,25,26,28,32). The zero-order valence-electron chi connectivity index (χ0n) is 17.5. The Kier molecular flexibility index (Phi) is 7.30.